The average Bonchev–Trinajstić information content (AvgIpc) is 3.07. The first kappa shape index (κ1) is 23.0. The van der Waals surface area contributed by atoms with Crippen LogP contribution >= 0.6 is 34.8 Å². The number of hydrogen-bond donors (Lipinski definition) is 2. The summed E-state index contributed by atoms with van der Waals surface area (Å²) in [6.07, 6.45) is 0. The Morgan fingerprint density at radius 2 is 1.61 bits per heavy atom. The van der Waals surface area contributed by atoms with Crippen molar-refractivity contribution in [2.75, 3.05) is 12.0 Å². The number of anilines is 1. The lowest BCUT2D eigenvalue weighted by Gasteiger charge is -2.26. The van der Waals surface area contributed by atoms with Crippen molar-refractivity contribution in [2.45, 2.75) is 6.04 Å². The number of Topliss-reactive ketones (excluding diaryl/α,β-unsaturated/α-hetero) is 1. The second kappa shape index (κ2) is 8.98. The van der Waals surface area contributed by atoms with Gasteiger partial charge in [0.25, 0.3) is 11.7 Å². The molecule has 1 unspecified atom stereocenters. The van der Waals surface area contributed by atoms with Crippen LogP contribution in [0.4, 0.5) is 5.69 Å². The fourth-order valence-corrected chi connectivity index (χ4v) is 4.14. The van der Waals surface area contributed by atoms with E-state index >= 15 is 0 Å². The third kappa shape index (κ3) is 4.13. The molecule has 2 N–H and O–H groups in total. The van der Waals surface area contributed by atoms with E-state index in [1.54, 1.807) is 24.3 Å². The highest BCUT2D eigenvalue weighted by Gasteiger charge is 2.47. The van der Waals surface area contributed by atoms with Crippen LogP contribution in [0, 0.1) is 0 Å². The third-order valence-corrected chi connectivity index (χ3v) is 6.32. The molecule has 0 spiro atoms. The van der Waals surface area contributed by atoms with Gasteiger partial charge in [0.15, 0.2) is 0 Å². The van der Waals surface area contributed by atoms with Gasteiger partial charge in [-0.3, -0.25) is 14.5 Å². The maximum Gasteiger partial charge on any atom is 0.300 e. The van der Waals surface area contributed by atoms with Crippen molar-refractivity contribution in [1.29, 1.82) is 0 Å². The fraction of sp³-hybridized carbons (Fsp3) is 0.0833. The van der Waals surface area contributed by atoms with Gasteiger partial charge in [0.1, 0.15) is 17.3 Å². The zero-order valence-corrected chi connectivity index (χ0v) is 19.3. The summed E-state index contributed by atoms with van der Waals surface area (Å²) in [6.45, 7) is 0. The summed E-state index contributed by atoms with van der Waals surface area (Å²) in [5.41, 5.74) is 0.873. The number of ether oxygens (including phenoxy) is 1. The van der Waals surface area contributed by atoms with Crippen LogP contribution in [0.1, 0.15) is 17.2 Å². The Labute approximate surface area is 204 Å². The Bertz CT molecular complexity index is 1300. The molecule has 0 bridgehead atoms. The van der Waals surface area contributed by atoms with Crippen molar-refractivity contribution in [3.8, 4) is 11.5 Å². The molecule has 4 rings (SSSR count). The minimum atomic E-state index is -1.02. The molecule has 1 amide bonds. The van der Waals surface area contributed by atoms with Crippen LogP contribution in [-0.4, -0.2) is 29.0 Å². The van der Waals surface area contributed by atoms with Gasteiger partial charge < -0.3 is 14.9 Å². The summed E-state index contributed by atoms with van der Waals surface area (Å²) in [6, 6.07) is 14.2. The van der Waals surface area contributed by atoms with Crippen molar-refractivity contribution in [1.82, 2.24) is 0 Å². The maximum atomic E-state index is 13.1. The van der Waals surface area contributed by atoms with Crippen LogP contribution in [0.5, 0.6) is 11.5 Å². The molecule has 3 aromatic carbocycles. The van der Waals surface area contributed by atoms with Gasteiger partial charge in [-0.1, -0.05) is 40.9 Å². The van der Waals surface area contributed by atoms with E-state index in [0.717, 1.165) is 0 Å². The Hall–Kier alpha value is -3.19. The summed E-state index contributed by atoms with van der Waals surface area (Å²) >= 11 is 18.2. The summed E-state index contributed by atoms with van der Waals surface area (Å²) in [5.74, 6) is -1.74. The molecule has 1 heterocycles. The van der Waals surface area contributed by atoms with Crippen molar-refractivity contribution < 1.29 is 24.5 Å². The zero-order chi connectivity index (χ0) is 23.9. The normalized spacial score (nSPS) is 17.5. The number of phenols is 1. The lowest BCUT2D eigenvalue weighted by Crippen LogP contribution is -2.29. The number of benzene rings is 3. The van der Waals surface area contributed by atoms with Gasteiger partial charge in [0.2, 0.25) is 0 Å². The van der Waals surface area contributed by atoms with Crippen molar-refractivity contribution in [3.63, 3.8) is 0 Å². The molecule has 6 nitrogen and oxygen atoms in total. The van der Waals surface area contributed by atoms with Crippen molar-refractivity contribution >= 4 is 57.9 Å². The van der Waals surface area contributed by atoms with Gasteiger partial charge in [-0.25, -0.2) is 0 Å². The lowest BCUT2D eigenvalue weighted by atomic mass is 9.95. The molecule has 1 fully saturated rings. The predicted molar refractivity (Wildman–Crippen MR) is 127 cm³/mol. The molecule has 0 radical (unpaired) electrons. The highest BCUT2D eigenvalue weighted by molar-refractivity contribution is 6.52. The van der Waals surface area contributed by atoms with E-state index < -0.39 is 23.5 Å². The molecule has 9 heteroatoms. The smallest absolute Gasteiger partial charge is 0.300 e. The number of rotatable bonds is 4. The third-order valence-electron chi connectivity index (χ3n) is 5.28. The first-order chi connectivity index (χ1) is 15.7. The SMILES string of the molecule is COc1ccc(N2C(=O)C(=O)/C(=C(\O)c3ccc(Cl)c(Cl)c3)C2c2ccc(O)c(Cl)c2)cc1. The minimum absolute atomic E-state index is 0.0300. The highest BCUT2D eigenvalue weighted by Crippen LogP contribution is 2.44. The lowest BCUT2D eigenvalue weighted by molar-refractivity contribution is -0.132. The van der Waals surface area contributed by atoms with Crippen LogP contribution in [0.25, 0.3) is 5.76 Å². The van der Waals surface area contributed by atoms with E-state index in [-0.39, 0.29) is 32.0 Å². The first-order valence-corrected chi connectivity index (χ1v) is 10.7. The van der Waals surface area contributed by atoms with E-state index in [1.807, 2.05) is 0 Å². The van der Waals surface area contributed by atoms with Crippen LogP contribution < -0.4 is 9.64 Å². The van der Waals surface area contributed by atoms with Crippen LogP contribution in [0.15, 0.2) is 66.2 Å². The molecule has 0 saturated carbocycles. The van der Waals surface area contributed by atoms with Crippen LogP contribution in [-0.2, 0) is 9.59 Å². The molecular weight excluding hydrogens is 489 g/mol. The zero-order valence-electron chi connectivity index (χ0n) is 17.1. The van der Waals surface area contributed by atoms with Crippen LogP contribution in [0.3, 0.4) is 0 Å². The molecule has 33 heavy (non-hydrogen) atoms. The maximum absolute atomic E-state index is 13.1. The quantitative estimate of drug-likeness (QED) is 0.259. The van der Waals surface area contributed by atoms with Crippen molar-refractivity contribution in [3.05, 3.63) is 92.4 Å². The standard InChI is InChI=1S/C24H16Cl3NO5/c1-33-15-6-4-14(5-7-15)28-21(12-3-9-19(29)18(27)10-12)20(23(31)24(28)32)22(30)13-2-8-16(25)17(26)11-13/h2-11,21,29-30H,1H3/b22-20-. The second-order valence-electron chi connectivity index (χ2n) is 7.21. The minimum Gasteiger partial charge on any atom is -0.507 e. The Morgan fingerprint density at radius 1 is 0.909 bits per heavy atom. The summed E-state index contributed by atoms with van der Waals surface area (Å²) < 4.78 is 5.17. The average molecular weight is 505 g/mol. The molecule has 1 aliphatic heterocycles. The molecule has 1 atom stereocenters. The summed E-state index contributed by atoms with van der Waals surface area (Å²) in [7, 11) is 1.51. The van der Waals surface area contributed by atoms with E-state index in [9.17, 15) is 19.8 Å². The Kier molecular flexibility index (Phi) is 6.26. The summed E-state index contributed by atoms with van der Waals surface area (Å²) in [5, 5.41) is 21.4. The van der Waals surface area contributed by atoms with Crippen molar-refractivity contribution in [2.24, 2.45) is 0 Å². The number of aliphatic hydroxyl groups is 1. The summed E-state index contributed by atoms with van der Waals surface area (Å²) in [4.78, 5) is 27.5. The largest absolute Gasteiger partial charge is 0.507 e. The number of halogens is 3. The molecule has 168 valence electrons. The Balaban J connectivity index is 1.95. The number of hydrogen-bond acceptors (Lipinski definition) is 5. The number of phenolic OH excluding ortho intramolecular Hbond substituents is 1. The molecule has 3 aromatic rings. The van der Waals surface area contributed by atoms with E-state index in [1.165, 1.54) is 48.4 Å². The van der Waals surface area contributed by atoms with Gasteiger partial charge in [-0.2, -0.15) is 0 Å². The number of carbonyl (C=O) groups is 2. The van der Waals surface area contributed by atoms with Gasteiger partial charge >= 0.3 is 0 Å². The Morgan fingerprint density at radius 3 is 2.21 bits per heavy atom. The monoisotopic (exact) mass is 503 g/mol. The second-order valence-corrected chi connectivity index (χ2v) is 8.43. The first-order valence-electron chi connectivity index (χ1n) is 9.61. The predicted octanol–water partition coefficient (Wildman–Crippen LogP) is 5.99. The number of aromatic hydroxyl groups is 1. The van der Waals surface area contributed by atoms with Gasteiger partial charge in [-0.05, 0) is 60.2 Å². The van der Waals surface area contributed by atoms with E-state index in [4.69, 9.17) is 39.5 Å². The number of ketones is 1. The molecule has 1 aliphatic rings. The fourth-order valence-electron chi connectivity index (χ4n) is 3.65. The van der Waals surface area contributed by atoms with E-state index in [0.29, 0.717) is 17.0 Å². The van der Waals surface area contributed by atoms with Gasteiger partial charge in [-0.15, -0.1) is 0 Å². The topological polar surface area (TPSA) is 87.1 Å². The molecule has 0 aliphatic carbocycles. The molecule has 0 aromatic heterocycles. The molecule has 1 saturated heterocycles. The number of amides is 1. The number of nitrogens with zero attached hydrogens (tertiary/aromatic N) is 1. The highest BCUT2D eigenvalue weighted by atomic mass is 35.5. The number of carbonyl (C=O) groups excluding carboxylic acids is 2. The number of aliphatic hydroxyl groups excluding tert-OH is 1. The van der Waals surface area contributed by atoms with Crippen LogP contribution in [0.2, 0.25) is 15.1 Å². The van der Waals surface area contributed by atoms with Gasteiger partial charge in [0.05, 0.1) is 33.8 Å². The molecular formula is C24H16Cl3NO5. The van der Waals surface area contributed by atoms with E-state index in [2.05, 4.69) is 0 Å². The van der Waals surface area contributed by atoms with Gasteiger partial charge in [0, 0.05) is 11.3 Å². The number of methoxy groups -OCH3 is 1.